The molecule has 0 amide bonds. The van der Waals surface area contributed by atoms with E-state index in [0.717, 1.165) is 25.0 Å². The van der Waals surface area contributed by atoms with E-state index < -0.39 is 0 Å². The molecule has 1 aliphatic heterocycles. The van der Waals surface area contributed by atoms with Crippen LogP contribution in [0.4, 0.5) is 0 Å². The third kappa shape index (κ3) is 2.82. The number of fused-ring (bicyclic) bond motifs is 1. The molecule has 0 radical (unpaired) electrons. The summed E-state index contributed by atoms with van der Waals surface area (Å²) < 4.78 is 6.07. The number of ether oxygens (including phenoxy) is 1. The highest BCUT2D eigenvalue weighted by Gasteiger charge is 2.28. The zero-order valence-electron chi connectivity index (χ0n) is 11.1. The van der Waals surface area contributed by atoms with Gasteiger partial charge in [-0.05, 0) is 43.0 Å². The molecule has 1 aromatic heterocycles. The molecule has 0 spiro atoms. The Labute approximate surface area is 118 Å². The molecule has 3 heteroatoms. The predicted molar refractivity (Wildman–Crippen MR) is 80.0 cm³/mol. The molecule has 3 rings (SSSR count). The normalized spacial score (nSPS) is 18.9. The van der Waals surface area contributed by atoms with Crippen molar-refractivity contribution in [2.75, 3.05) is 7.05 Å². The topological polar surface area (TPSA) is 21.3 Å². The van der Waals surface area contributed by atoms with Crippen molar-refractivity contribution in [1.82, 2.24) is 5.32 Å². The molecule has 1 N–H and O–H groups in total. The van der Waals surface area contributed by atoms with Crippen molar-refractivity contribution in [1.29, 1.82) is 0 Å². The Hall–Kier alpha value is -1.32. The number of rotatable bonds is 5. The van der Waals surface area contributed by atoms with Gasteiger partial charge in [-0.25, -0.2) is 0 Å². The summed E-state index contributed by atoms with van der Waals surface area (Å²) in [7, 11) is 2.03. The lowest BCUT2D eigenvalue weighted by atomic mass is 10.0. The Kier molecular flexibility index (Phi) is 3.85. The SMILES string of the molecule is CNC(CCc1cccs1)C1Cc2ccccc2O1. The van der Waals surface area contributed by atoms with Gasteiger partial charge in [-0.15, -0.1) is 11.3 Å². The van der Waals surface area contributed by atoms with Crippen molar-refractivity contribution in [3.63, 3.8) is 0 Å². The predicted octanol–water partition coefficient (Wildman–Crippen LogP) is 3.27. The zero-order valence-corrected chi connectivity index (χ0v) is 12.0. The number of aryl methyl sites for hydroxylation is 1. The second-order valence-corrected chi connectivity index (χ2v) is 6.01. The van der Waals surface area contributed by atoms with E-state index in [0.29, 0.717) is 6.04 Å². The Balaban J connectivity index is 1.61. The van der Waals surface area contributed by atoms with Gasteiger partial charge in [0.25, 0.3) is 0 Å². The lowest BCUT2D eigenvalue weighted by Gasteiger charge is -2.22. The first-order valence-corrected chi connectivity index (χ1v) is 7.69. The number of hydrogen-bond donors (Lipinski definition) is 1. The van der Waals surface area contributed by atoms with Gasteiger partial charge in [-0.1, -0.05) is 24.3 Å². The highest BCUT2D eigenvalue weighted by Crippen LogP contribution is 2.30. The van der Waals surface area contributed by atoms with Gasteiger partial charge in [-0.2, -0.15) is 0 Å². The summed E-state index contributed by atoms with van der Waals surface area (Å²) in [6.07, 6.45) is 3.53. The molecular formula is C16H19NOS. The van der Waals surface area contributed by atoms with Gasteiger partial charge in [0.15, 0.2) is 0 Å². The standard InChI is InChI=1S/C16H19NOS/c1-17-14(9-8-13-6-4-10-19-13)16-11-12-5-2-3-7-15(12)18-16/h2-7,10,14,16-17H,8-9,11H2,1H3. The Morgan fingerprint density at radius 1 is 1.32 bits per heavy atom. The van der Waals surface area contributed by atoms with Crippen LogP contribution in [0.3, 0.4) is 0 Å². The molecule has 1 aliphatic rings. The quantitative estimate of drug-likeness (QED) is 0.902. The minimum Gasteiger partial charge on any atom is -0.488 e. The number of para-hydroxylation sites is 1. The van der Waals surface area contributed by atoms with E-state index in [2.05, 4.69) is 41.0 Å². The van der Waals surface area contributed by atoms with E-state index in [1.54, 1.807) is 0 Å². The molecule has 2 unspecified atom stereocenters. The fourth-order valence-electron chi connectivity index (χ4n) is 2.70. The van der Waals surface area contributed by atoms with E-state index in [4.69, 9.17) is 4.74 Å². The van der Waals surface area contributed by atoms with E-state index in [9.17, 15) is 0 Å². The molecular weight excluding hydrogens is 254 g/mol. The summed E-state index contributed by atoms with van der Waals surface area (Å²) in [6, 6.07) is 13.1. The maximum Gasteiger partial charge on any atom is 0.123 e. The summed E-state index contributed by atoms with van der Waals surface area (Å²) >= 11 is 1.84. The van der Waals surface area contributed by atoms with Crippen molar-refractivity contribution in [2.45, 2.75) is 31.4 Å². The first-order valence-electron chi connectivity index (χ1n) is 6.81. The van der Waals surface area contributed by atoms with Crippen LogP contribution in [0, 0.1) is 0 Å². The zero-order chi connectivity index (χ0) is 13.1. The molecule has 1 aromatic carbocycles. The van der Waals surface area contributed by atoms with Gasteiger partial charge in [0.05, 0.1) is 0 Å². The van der Waals surface area contributed by atoms with Crippen LogP contribution in [0.25, 0.3) is 0 Å². The van der Waals surface area contributed by atoms with Crippen LogP contribution in [0.15, 0.2) is 41.8 Å². The monoisotopic (exact) mass is 273 g/mol. The first-order chi connectivity index (χ1) is 9.36. The second-order valence-electron chi connectivity index (χ2n) is 4.98. The fraction of sp³-hybridized carbons (Fsp3) is 0.375. The van der Waals surface area contributed by atoms with Gasteiger partial charge < -0.3 is 10.1 Å². The van der Waals surface area contributed by atoms with E-state index in [1.807, 2.05) is 24.5 Å². The molecule has 2 atom stereocenters. The largest absolute Gasteiger partial charge is 0.488 e. The maximum atomic E-state index is 6.07. The Morgan fingerprint density at radius 2 is 2.21 bits per heavy atom. The third-order valence-corrected chi connectivity index (χ3v) is 4.71. The van der Waals surface area contributed by atoms with Crippen LogP contribution in [0.2, 0.25) is 0 Å². The van der Waals surface area contributed by atoms with Crippen LogP contribution in [0.5, 0.6) is 5.75 Å². The fourth-order valence-corrected chi connectivity index (χ4v) is 3.43. The van der Waals surface area contributed by atoms with Crippen molar-refractivity contribution in [2.24, 2.45) is 0 Å². The molecule has 0 saturated carbocycles. The van der Waals surface area contributed by atoms with Crippen LogP contribution < -0.4 is 10.1 Å². The third-order valence-electron chi connectivity index (χ3n) is 3.77. The Bertz CT molecular complexity index is 498. The summed E-state index contributed by atoms with van der Waals surface area (Å²) in [5.74, 6) is 1.06. The molecule has 0 fully saturated rings. The van der Waals surface area contributed by atoms with Crippen LogP contribution in [-0.2, 0) is 12.8 Å². The van der Waals surface area contributed by atoms with Crippen LogP contribution in [-0.4, -0.2) is 19.2 Å². The van der Waals surface area contributed by atoms with Gasteiger partial charge in [0.1, 0.15) is 11.9 Å². The number of nitrogens with one attached hydrogen (secondary N) is 1. The summed E-state index contributed by atoms with van der Waals surface area (Å²) in [4.78, 5) is 1.45. The summed E-state index contributed by atoms with van der Waals surface area (Å²) in [5, 5.41) is 5.57. The number of hydrogen-bond acceptors (Lipinski definition) is 3. The van der Waals surface area contributed by atoms with Crippen LogP contribution >= 0.6 is 11.3 Å². The van der Waals surface area contributed by atoms with E-state index in [1.165, 1.54) is 10.4 Å². The van der Waals surface area contributed by atoms with Crippen molar-refractivity contribution < 1.29 is 4.74 Å². The lowest BCUT2D eigenvalue weighted by molar-refractivity contribution is 0.177. The molecule has 0 bridgehead atoms. The lowest BCUT2D eigenvalue weighted by Crippen LogP contribution is -2.40. The smallest absolute Gasteiger partial charge is 0.123 e. The molecule has 100 valence electrons. The van der Waals surface area contributed by atoms with E-state index >= 15 is 0 Å². The minimum absolute atomic E-state index is 0.266. The van der Waals surface area contributed by atoms with E-state index in [-0.39, 0.29) is 6.10 Å². The number of benzene rings is 1. The molecule has 2 nitrogen and oxygen atoms in total. The molecule has 19 heavy (non-hydrogen) atoms. The number of likely N-dealkylation sites (N-methyl/N-ethyl adjacent to an activating group) is 1. The van der Waals surface area contributed by atoms with Crippen molar-refractivity contribution >= 4 is 11.3 Å². The average molecular weight is 273 g/mol. The van der Waals surface area contributed by atoms with Gasteiger partial charge >= 0.3 is 0 Å². The second kappa shape index (κ2) is 5.76. The highest BCUT2D eigenvalue weighted by atomic mass is 32.1. The van der Waals surface area contributed by atoms with Crippen molar-refractivity contribution in [3.8, 4) is 5.75 Å². The van der Waals surface area contributed by atoms with Crippen LogP contribution in [0.1, 0.15) is 16.9 Å². The maximum absolute atomic E-state index is 6.07. The number of thiophene rings is 1. The molecule has 2 heterocycles. The Morgan fingerprint density at radius 3 is 2.95 bits per heavy atom. The highest BCUT2D eigenvalue weighted by molar-refractivity contribution is 7.09. The van der Waals surface area contributed by atoms with Crippen molar-refractivity contribution in [3.05, 3.63) is 52.2 Å². The molecule has 0 saturated heterocycles. The molecule has 2 aromatic rings. The summed E-state index contributed by atoms with van der Waals surface area (Å²) in [5.41, 5.74) is 1.34. The van der Waals surface area contributed by atoms with Gasteiger partial charge in [0, 0.05) is 17.3 Å². The minimum atomic E-state index is 0.266. The first kappa shape index (κ1) is 12.7. The van der Waals surface area contributed by atoms with Gasteiger partial charge in [0.2, 0.25) is 0 Å². The summed E-state index contributed by atoms with van der Waals surface area (Å²) in [6.45, 7) is 0. The van der Waals surface area contributed by atoms with Gasteiger partial charge in [-0.3, -0.25) is 0 Å². The average Bonchev–Trinajstić information content (AvgIpc) is 3.08. The molecule has 0 aliphatic carbocycles.